The monoisotopic (exact) mass is 233 g/mol. The highest BCUT2D eigenvalue weighted by Crippen LogP contribution is 2.10. The number of primary amides is 1. The van der Waals surface area contributed by atoms with Gasteiger partial charge >= 0.3 is 5.97 Å². The third-order valence-electron chi connectivity index (χ3n) is 2.11. The molecule has 0 spiro atoms. The van der Waals surface area contributed by atoms with Crippen molar-refractivity contribution >= 4 is 18.0 Å². The maximum Gasteiger partial charge on any atom is 0.309 e. The Hall–Kier alpha value is -2.10. The van der Waals surface area contributed by atoms with E-state index in [0.29, 0.717) is 17.7 Å². The molecule has 1 amide bonds. The van der Waals surface area contributed by atoms with Gasteiger partial charge in [0.05, 0.1) is 13.0 Å². The van der Waals surface area contributed by atoms with Crippen molar-refractivity contribution in [1.82, 2.24) is 0 Å². The Morgan fingerprint density at radius 1 is 1.35 bits per heavy atom. The van der Waals surface area contributed by atoms with Crippen molar-refractivity contribution < 1.29 is 14.3 Å². The molecule has 1 aromatic rings. The number of ether oxygens (including phenoxy) is 1. The number of amides is 1. The van der Waals surface area contributed by atoms with Gasteiger partial charge in [-0.3, -0.25) is 9.59 Å². The second kappa shape index (κ2) is 6.48. The molecule has 1 aromatic carbocycles. The average molecular weight is 233 g/mol. The molecule has 2 N–H and O–H groups in total. The van der Waals surface area contributed by atoms with Gasteiger partial charge < -0.3 is 10.5 Å². The minimum atomic E-state index is -0.485. The van der Waals surface area contributed by atoms with Crippen LogP contribution in [0.2, 0.25) is 0 Å². The first kappa shape index (κ1) is 13.0. The van der Waals surface area contributed by atoms with Crippen LogP contribution in [0.15, 0.2) is 30.3 Å². The van der Waals surface area contributed by atoms with Gasteiger partial charge in [-0.2, -0.15) is 0 Å². The molecule has 0 heterocycles. The number of rotatable bonds is 5. The summed E-state index contributed by atoms with van der Waals surface area (Å²) in [6.07, 6.45) is 3.53. The molecule has 0 aliphatic carbocycles. The molecule has 0 aliphatic rings. The number of esters is 1. The van der Waals surface area contributed by atoms with Gasteiger partial charge in [0, 0.05) is 5.56 Å². The Kier molecular flexibility index (Phi) is 4.94. The number of hydrogen-bond donors (Lipinski definition) is 1. The molecular formula is C13H15NO3. The topological polar surface area (TPSA) is 69.4 Å². The molecule has 90 valence electrons. The van der Waals surface area contributed by atoms with E-state index >= 15 is 0 Å². The molecule has 0 aliphatic heterocycles. The van der Waals surface area contributed by atoms with Crippen molar-refractivity contribution in [2.24, 2.45) is 5.73 Å². The first-order valence-corrected chi connectivity index (χ1v) is 5.36. The summed E-state index contributed by atoms with van der Waals surface area (Å²) in [5.41, 5.74) is 6.37. The van der Waals surface area contributed by atoms with Crippen molar-refractivity contribution in [1.29, 1.82) is 0 Å². The van der Waals surface area contributed by atoms with E-state index in [1.165, 1.54) is 0 Å². The fourth-order valence-corrected chi connectivity index (χ4v) is 1.37. The maximum absolute atomic E-state index is 11.1. The summed E-state index contributed by atoms with van der Waals surface area (Å²) in [5, 5.41) is 0. The molecule has 0 saturated carbocycles. The third-order valence-corrected chi connectivity index (χ3v) is 2.11. The van der Waals surface area contributed by atoms with Crippen LogP contribution in [0.4, 0.5) is 0 Å². The van der Waals surface area contributed by atoms with Gasteiger partial charge in [0.2, 0.25) is 5.91 Å². The highest BCUT2D eigenvalue weighted by molar-refractivity contribution is 5.96. The summed E-state index contributed by atoms with van der Waals surface area (Å²) in [6, 6.07) is 6.95. The predicted molar refractivity (Wildman–Crippen MR) is 65.2 cm³/mol. The van der Waals surface area contributed by atoms with Gasteiger partial charge in [0.1, 0.15) is 0 Å². The van der Waals surface area contributed by atoms with Gasteiger partial charge in [-0.15, -0.1) is 0 Å². The molecule has 0 radical (unpaired) electrons. The molecule has 4 heteroatoms. The minimum Gasteiger partial charge on any atom is -0.466 e. The Bertz CT molecular complexity index is 438. The van der Waals surface area contributed by atoms with E-state index in [-0.39, 0.29) is 12.4 Å². The quantitative estimate of drug-likeness (QED) is 0.788. The smallest absolute Gasteiger partial charge is 0.309 e. The summed E-state index contributed by atoms with van der Waals surface area (Å²) in [4.78, 5) is 22.2. The van der Waals surface area contributed by atoms with Crippen LogP contribution in [-0.4, -0.2) is 18.5 Å². The first-order chi connectivity index (χ1) is 8.15. The van der Waals surface area contributed by atoms with Gasteiger partial charge in [-0.25, -0.2) is 0 Å². The number of hydrogen-bond acceptors (Lipinski definition) is 3. The lowest BCUT2D eigenvalue weighted by molar-refractivity contribution is -0.142. The van der Waals surface area contributed by atoms with E-state index in [1.54, 1.807) is 43.3 Å². The molecule has 0 bridgehead atoms. The summed E-state index contributed by atoms with van der Waals surface area (Å²) in [5.74, 6) is -0.776. The Morgan fingerprint density at radius 3 is 2.71 bits per heavy atom. The van der Waals surface area contributed by atoms with Gasteiger partial charge in [-0.1, -0.05) is 30.4 Å². The van der Waals surface area contributed by atoms with E-state index in [9.17, 15) is 9.59 Å². The molecular weight excluding hydrogens is 218 g/mol. The number of carbonyl (C=O) groups excluding carboxylic acids is 2. The van der Waals surface area contributed by atoms with Crippen molar-refractivity contribution in [3.05, 3.63) is 41.5 Å². The fraction of sp³-hybridized carbons (Fsp3) is 0.231. The standard InChI is InChI=1S/C13H15NO3/c1-2-17-12(15)9-5-7-10-6-3-4-8-11(10)13(14)16/h3-8H,2,9H2,1H3,(H2,14,16). The zero-order chi connectivity index (χ0) is 12.7. The lowest BCUT2D eigenvalue weighted by atomic mass is 10.1. The summed E-state index contributed by atoms with van der Waals surface area (Å²) < 4.78 is 4.78. The van der Waals surface area contributed by atoms with Crippen molar-refractivity contribution in [3.8, 4) is 0 Å². The van der Waals surface area contributed by atoms with Crippen LogP contribution in [0.25, 0.3) is 6.08 Å². The largest absolute Gasteiger partial charge is 0.466 e. The minimum absolute atomic E-state index is 0.181. The van der Waals surface area contributed by atoms with Crippen LogP contribution in [0, 0.1) is 0 Å². The highest BCUT2D eigenvalue weighted by Gasteiger charge is 2.04. The molecule has 0 unspecified atom stereocenters. The van der Waals surface area contributed by atoms with Gasteiger partial charge in [0.25, 0.3) is 0 Å². The van der Waals surface area contributed by atoms with Crippen LogP contribution in [0.1, 0.15) is 29.3 Å². The predicted octanol–water partition coefficient (Wildman–Crippen LogP) is 1.75. The summed E-state index contributed by atoms with van der Waals surface area (Å²) in [6.45, 7) is 2.12. The maximum atomic E-state index is 11.1. The highest BCUT2D eigenvalue weighted by atomic mass is 16.5. The fourth-order valence-electron chi connectivity index (χ4n) is 1.37. The van der Waals surface area contributed by atoms with Crippen LogP contribution in [0.5, 0.6) is 0 Å². The second-order valence-electron chi connectivity index (χ2n) is 3.36. The SMILES string of the molecule is CCOC(=O)CC=Cc1ccccc1C(N)=O. The van der Waals surface area contributed by atoms with Crippen molar-refractivity contribution in [2.75, 3.05) is 6.61 Å². The normalized spacial score (nSPS) is 10.4. The van der Waals surface area contributed by atoms with Crippen LogP contribution < -0.4 is 5.73 Å². The van der Waals surface area contributed by atoms with Gasteiger partial charge in [-0.05, 0) is 18.6 Å². The van der Waals surface area contributed by atoms with Crippen molar-refractivity contribution in [3.63, 3.8) is 0 Å². The number of benzene rings is 1. The van der Waals surface area contributed by atoms with Gasteiger partial charge in [0.15, 0.2) is 0 Å². The Labute approximate surface area is 100 Å². The number of nitrogens with two attached hydrogens (primary N) is 1. The van der Waals surface area contributed by atoms with E-state index in [4.69, 9.17) is 10.5 Å². The summed E-state index contributed by atoms with van der Waals surface area (Å²) in [7, 11) is 0. The van der Waals surface area contributed by atoms with E-state index in [1.807, 2.05) is 0 Å². The molecule has 0 aromatic heterocycles. The van der Waals surface area contributed by atoms with E-state index in [0.717, 1.165) is 0 Å². The Morgan fingerprint density at radius 2 is 2.06 bits per heavy atom. The van der Waals surface area contributed by atoms with Crippen LogP contribution >= 0.6 is 0 Å². The zero-order valence-corrected chi connectivity index (χ0v) is 9.68. The molecule has 1 rings (SSSR count). The lowest BCUT2D eigenvalue weighted by Gasteiger charge is -2.01. The van der Waals surface area contributed by atoms with Crippen LogP contribution in [-0.2, 0) is 9.53 Å². The first-order valence-electron chi connectivity index (χ1n) is 5.36. The van der Waals surface area contributed by atoms with Crippen molar-refractivity contribution in [2.45, 2.75) is 13.3 Å². The van der Waals surface area contributed by atoms with E-state index in [2.05, 4.69) is 0 Å². The van der Waals surface area contributed by atoms with Crippen LogP contribution in [0.3, 0.4) is 0 Å². The molecule has 4 nitrogen and oxygen atoms in total. The number of carbonyl (C=O) groups is 2. The zero-order valence-electron chi connectivity index (χ0n) is 9.68. The molecule has 0 saturated heterocycles. The lowest BCUT2D eigenvalue weighted by Crippen LogP contribution is -2.12. The summed E-state index contributed by atoms with van der Waals surface area (Å²) >= 11 is 0. The average Bonchev–Trinajstić information content (AvgIpc) is 2.30. The Balaban J connectivity index is 2.71. The molecule has 17 heavy (non-hydrogen) atoms. The molecule has 0 fully saturated rings. The second-order valence-corrected chi connectivity index (χ2v) is 3.36. The molecule has 0 atom stereocenters. The van der Waals surface area contributed by atoms with E-state index < -0.39 is 5.91 Å². The third kappa shape index (κ3) is 4.10.